The molecule has 0 aromatic heterocycles. The molecule has 0 saturated heterocycles. The van der Waals surface area contributed by atoms with Crippen LogP contribution in [0.15, 0.2) is 18.2 Å². The van der Waals surface area contributed by atoms with Gasteiger partial charge in [-0.15, -0.1) is 0 Å². The minimum Gasteiger partial charge on any atom is -0.397 e. The quantitative estimate of drug-likeness (QED) is 0.592. The Morgan fingerprint density at radius 3 is 2.48 bits per heavy atom. The molecule has 1 aromatic rings. The van der Waals surface area contributed by atoms with E-state index in [1.54, 1.807) is 25.2 Å². The maximum Gasteiger partial charge on any atom is 0.251 e. The summed E-state index contributed by atoms with van der Waals surface area (Å²) in [6.45, 7) is 6.56. The molecule has 0 radical (unpaired) electrons. The molecule has 0 spiro atoms. The van der Waals surface area contributed by atoms with Crippen molar-refractivity contribution in [1.29, 1.82) is 0 Å². The molecule has 6 heteroatoms. The van der Waals surface area contributed by atoms with Gasteiger partial charge in [-0.2, -0.15) is 0 Å². The predicted octanol–water partition coefficient (Wildman–Crippen LogP) is 1.20. The molecule has 2 amide bonds. The minimum absolute atomic E-state index is 0.0486. The van der Waals surface area contributed by atoms with Gasteiger partial charge in [-0.1, -0.05) is 0 Å². The zero-order chi connectivity index (χ0) is 16.0. The molecule has 0 saturated carbocycles. The van der Waals surface area contributed by atoms with Crippen LogP contribution in [0.4, 0.5) is 11.4 Å². The second-order valence-corrected chi connectivity index (χ2v) is 5.48. The highest BCUT2D eigenvalue weighted by Crippen LogP contribution is 2.23. The molecule has 0 fully saturated rings. The van der Waals surface area contributed by atoms with Gasteiger partial charge < -0.3 is 21.7 Å². The number of nitrogens with one attached hydrogen (secondary N) is 3. The van der Waals surface area contributed by atoms with Crippen LogP contribution in [0.25, 0.3) is 0 Å². The number of nitrogen functional groups attached to an aromatic ring is 1. The molecule has 1 aromatic carbocycles. The van der Waals surface area contributed by atoms with E-state index in [-0.39, 0.29) is 11.8 Å². The monoisotopic (exact) mass is 292 g/mol. The van der Waals surface area contributed by atoms with Crippen LogP contribution in [0.3, 0.4) is 0 Å². The van der Waals surface area contributed by atoms with Crippen molar-refractivity contribution in [2.24, 2.45) is 5.41 Å². The van der Waals surface area contributed by atoms with Gasteiger partial charge in [0.2, 0.25) is 5.91 Å². The van der Waals surface area contributed by atoms with Crippen LogP contribution < -0.4 is 21.7 Å². The van der Waals surface area contributed by atoms with E-state index in [2.05, 4.69) is 16.0 Å². The summed E-state index contributed by atoms with van der Waals surface area (Å²) in [6, 6.07) is 5.08. The first kappa shape index (κ1) is 16.8. The topological polar surface area (TPSA) is 96.2 Å². The van der Waals surface area contributed by atoms with E-state index in [1.165, 1.54) is 0 Å². The van der Waals surface area contributed by atoms with Crippen molar-refractivity contribution in [2.75, 3.05) is 31.2 Å². The van der Waals surface area contributed by atoms with Crippen LogP contribution in [0.2, 0.25) is 0 Å². The fourth-order valence-electron chi connectivity index (χ4n) is 1.86. The standard InChI is InChI=1S/C15H24N4O2/c1-5-18-13(20)10-6-7-12(11(16)8-10)19-9-15(2,3)14(21)17-4/h6-8,19H,5,9,16H2,1-4H3,(H,17,21)(H,18,20). The average molecular weight is 292 g/mol. The normalized spacial score (nSPS) is 10.9. The first-order valence-corrected chi connectivity index (χ1v) is 6.95. The van der Waals surface area contributed by atoms with Gasteiger partial charge in [0.15, 0.2) is 0 Å². The molecule has 1 rings (SSSR count). The molecule has 0 bridgehead atoms. The number of nitrogens with two attached hydrogens (primary N) is 1. The number of carbonyl (C=O) groups excluding carboxylic acids is 2. The smallest absolute Gasteiger partial charge is 0.251 e. The number of rotatable bonds is 6. The van der Waals surface area contributed by atoms with E-state index in [1.807, 2.05) is 20.8 Å². The van der Waals surface area contributed by atoms with E-state index < -0.39 is 5.41 Å². The van der Waals surface area contributed by atoms with Crippen molar-refractivity contribution in [1.82, 2.24) is 10.6 Å². The summed E-state index contributed by atoms with van der Waals surface area (Å²) >= 11 is 0. The lowest BCUT2D eigenvalue weighted by Crippen LogP contribution is -2.39. The number of amides is 2. The van der Waals surface area contributed by atoms with Crippen molar-refractivity contribution in [2.45, 2.75) is 20.8 Å². The summed E-state index contributed by atoms with van der Waals surface area (Å²) < 4.78 is 0. The van der Waals surface area contributed by atoms with Crippen LogP contribution >= 0.6 is 0 Å². The Balaban J connectivity index is 2.78. The third kappa shape index (κ3) is 4.37. The van der Waals surface area contributed by atoms with Crippen LogP contribution in [0, 0.1) is 5.41 Å². The first-order chi connectivity index (χ1) is 9.81. The molecule has 0 atom stereocenters. The second kappa shape index (κ2) is 6.97. The zero-order valence-electron chi connectivity index (χ0n) is 13.0. The predicted molar refractivity (Wildman–Crippen MR) is 85.2 cm³/mol. The largest absolute Gasteiger partial charge is 0.397 e. The molecule has 0 unspecified atom stereocenters. The van der Waals surface area contributed by atoms with Gasteiger partial charge >= 0.3 is 0 Å². The van der Waals surface area contributed by atoms with Crippen molar-refractivity contribution >= 4 is 23.2 Å². The average Bonchev–Trinajstić information content (AvgIpc) is 2.45. The van der Waals surface area contributed by atoms with Gasteiger partial charge in [0, 0.05) is 25.7 Å². The molecule has 21 heavy (non-hydrogen) atoms. The number of hydrogen-bond acceptors (Lipinski definition) is 4. The van der Waals surface area contributed by atoms with E-state index in [0.29, 0.717) is 30.0 Å². The van der Waals surface area contributed by atoms with Crippen LogP contribution in [-0.4, -0.2) is 32.0 Å². The fraction of sp³-hybridized carbons (Fsp3) is 0.467. The van der Waals surface area contributed by atoms with Gasteiger partial charge in [0.25, 0.3) is 5.91 Å². The molecule has 0 aliphatic carbocycles. The maximum absolute atomic E-state index is 11.7. The van der Waals surface area contributed by atoms with Gasteiger partial charge in [0.1, 0.15) is 0 Å². The lowest BCUT2D eigenvalue weighted by Gasteiger charge is -2.24. The fourth-order valence-corrected chi connectivity index (χ4v) is 1.86. The van der Waals surface area contributed by atoms with E-state index in [4.69, 9.17) is 5.73 Å². The van der Waals surface area contributed by atoms with Gasteiger partial charge in [0.05, 0.1) is 16.8 Å². The van der Waals surface area contributed by atoms with Crippen LogP contribution in [-0.2, 0) is 4.79 Å². The minimum atomic E-state index is -0.556. The molecular weight excluding hydrogens is 268 g/mol. The Morgan fingerprint density at radius 1 is 1.29 bits per heavy atom. The van der Waals surface area contributed by atoms with Gasteiger partial charge in [-0.05, 0) is 39.0 Å². The van der Waals surface area contributed by atoms with Crippen molar-refractivity contribution < 1.29 is 9.59 Å². The number of carbonyl (C=O) groups is 2. The molecule has 6 nitrogen and oxygen atoms in total. The Bertz CT molecular complexity index is 526. The zero-order valence-corrected chi connectivity index (χ0v) is 13.0. The van der Waals surface area contributed by atoms with Crippen molar-refractivity contribution in [3.05, 3.63) is 23.8 Å². The summed E-state index contributed by atoms with van der Waals surface area (Å²) in [7, 11) is 1.61. The number of anilines is 2. The van der Waals surface area contributed by atoms with Crippen molar-refractivity contribution in [3.63, 3.8) is 0 Å². The summed E-state index contributed by atoms with van der Waals surface area (Å²) in [5.74, 6) is -0.200. The highest BCUT2D eigenvalue weighted by molar-refractivity contribution is 5.96. The maximum atomic E-state index is 11.7. The SMILES string of the molecule is CCNC(=O)c1ccc(NCC(C)(C)C(=O)NC)c(N)c1. The molecule has 5 N–H and O–H groups in total. The van der Waals surface area contributed by atoms with Crippen molar-refractivity contribution in [3.8, 4) is 0 Å². The summed E-state index contributed by atoms with van der Waals surface area (Å²) in [4.78, 5) is 23.4. The second-order valence-electron chi connectivity index (χ2n) is 5.48. The Hall–Kier alpha value is -2.24. The molecule has 0 aliphatic rings. The number of benzene rings is 1. The Kier molecular flexibility index (Phi) is 5.58. The van der Waals surface area contributed by atoms with Gasteiger partial charge in [-0.3, -0.25) is 9.59 Å². The Labute approximate surface area is 125 Å². The third-order valence-corrected chi connectivity index (χ3v) is 3.21. The molecule has 0 aliphatic heterocycles. The first-order valence-electron chi connectivity index (χ1n) is 6.95. The van der Waals surface area contributed by atoms with E-state index in [0.717, 1.165) is 0 Å². The van der Waals surface area contributed by atoms with Gasteiger partial charge in [-0.25, -0.2) is 0 Å². The highest BCUT2D eigenvalue weighted by atomic mass is 16.2. The Morgan fingerprint density at radius 2 is 1.95 bits per heavy atom. The lowest BCUT2D eigenvalue weighted by atomic mass is 9.92. The van der Waals surface area contributed by atoms with E-state index >= 15 is 0 Å². The summed E-state index contributed by atoms with van der Waals surface area (Å²) in [6.07, 6.45) is 0. The molecule has 116 valence electrons. The summed E-state index contributed by atoms with van der Waals surface area (Å²) in [5, 5.41) is 8.50. The summed E-state index contributed by atoms with van der Waals surface area (Å²) in [5.41, 5.74) is 7.10. The van der Waals surface area contributed by atoms with E-state index in [9.17, 15) is 9.59 Å². The number of hydrogen-bond donors (Lipinski definition) is 4. The molecular formula is C15H24N4O2. The molecule has 0 heterocycles. The third-order valence-electron chi connectivity index (χ3n) is 3.21. The van der Waals surface area contributed by atoms with Crippen LogP contribution in [0.5, 0.6) is 0 Å². The lowest BCUT2D eigenvalue weighted by molar-refractivity contribution is -0.128. The highest BCUT2D eigenvalue weighted by Gasteiger charge is 2.26. The van der Waals surface area contributed by atoms with Crippen LogP contribution in [0.1, 0.15) is 31.1 Å².